The van der Waals surface area contributed by atoms with Crippen molar-refractivity contribution in [1.82, 2.24) is 15.3 Å². The number of aromatic amines is 1. The number of hydrogen-bond acceptors (Lipinski definition) is 3. The predicted octanol–water partition coefficient (Wildman–Crippen LogP) is 4.62. The molecule has 0 unspecified atom stereocenters. The number of fused-ring (bicyclic) bond motifs is 1. The van der Waals surface area contributed by atoms with E-state index in [1.54, 1.807) is 6.07 Å². The molecule has 0 radical (unpaired) electrons. The average Bonchev–Trinajstić information content (AvgIpc) is 3.11. The molecule has 5 nitrogen and oxygen atoms in total. The van der Waals surface area contributed by atoms with Crippen LogP contribution in [0.25, 0.3) is 11.0 Å². The number of rotatable bonds is 5. The smallest absolute Gasteiger partial charge is 0.251 e. The molecule has 28 heavy (non-hydrogen) atoms. The van der Waals surface area contributed by atoms with E-state index in [0.29, 0.717) is 34.5 Å². The van der Waals surface area contributed by atoms with Gasteiger partial charge in [0.1, 0.15) is 5.82 Å². The highest BCUT2D eigenvalue weighted by Crippen LogP contribution is 2.27. The molecule has 146 valence electrons. The Morgan fingerprint density at radius 3 is 2.68 bits per heavy atom. The number of halogens is 2. The molecule has 1 saturated heterocycles. The van der Waals surface area contributed by atoms with Gasteiger partial charge >= 0.3 is 0 Å². The molecule has 0 aliphatic carbocycles. The highest BCUT2D eigenvalue weighted by molar-refractivity contribution is 6.36. The van der Waals surface area contributed by atoms with Crippen LogP contribution >= 0.6 is 23.2 Å². The Morgan fingerprint density at radius 1 is 1.18 bits per heavy atom. The lowest BCUT2D eigenvalue weighted by Crippen LogP contribution is -2.32. The van der Waals surface area contributed by atoms with Crippen LogP contribution in [0.3, 0.4) is 0 Å². The van der Waals surface area contributed by atoms with Gasteiger partial charge in [0.25, 0.3) is 5.91 Å². The number of H-pyrrole nitrogens is 1. The van der Waals surface area contributed by atoms with E-state index in [2.05, 4.69) is 15.3 Å². The third kappa shape index (κ3) is 4.32. The van der Waals surface area contributed by atoms with Gasteiger partial charge in [0.15, 0.2) is 0 Å². The molecule has 2 aromatic carbocycles. The Hall–Kier alpha value is -2.08. The highest BCUT2D eigenvalue weighted by atomic mass is 35.5. The number of imidazole rings is 1. The van der Waals surface area contributed by atoms with Gasteiger partial charge in [-0.15, -0.1) is 0 Å². The zero-order valence-corrected chi connectivity index (χ0v) is 16.8. The summed E-state index contributed by atoms with van der Waals surface area (Å²) in [6.07, 6.45) is 2.49. The maximum Gasteiger partial charge on any atom is 0.251 e. The quantitative estimate of drug-likeness (QED) is 0.636. The number of amides is 1. The molecule has 0 saturated carbocycles. The van der Waals surface area contributed by atoms with E-state index in [9.17, 15) is 4.79 Å². The van der Waals surface area contributed by atoms with Crippen molar-refractivity contribution in [3.8, 4) is 0 Å². The van der Waals surface area contributed by atoms with Crippen LogP contribution in [0.15, 0.2) is 36.4 Å². The number of aromatic nitrogens is 2. The molecule has 0 atom stereocenters. The van der Waals surface area contributed by atoms with Crippen molar-refractivity contribution >= 4 is 40.1 Å². The van der Waals surface area contributed by atoms with Gasteiger partial charge in [-0.25, -0.2) is 4.98 Å². The summed E-state index contributed by atoms with van der Waals surface area (Å²) in [6.45, 7) is 2.23. The summed E-state index contributed by atoms with van der Waals surface area (Å²) in [5.74, 6) is 1.17. The van der Waals surface area contributed by atoms with E-state index in [1.807, 2.05) is 30.3 Å². The van der Waals surface area contributed by atoms with Crippen LogP contribution in [0, 0.1) is 5.92 Å². The highest BCUT2D eigenvalue weighted by Gasteiger charge is 2.16. The Morgan fingerprint density at radius 2 is 1.93 bits per heavy atom. The summed E-state index contributed by atoms with van der Waals surface area (Å²) < 4.78 is 5.36. The van der Waals surface area contributed by atoms with Crippen molar-refractivity contribution in [3.05, 3.63) is 63.4 Å². The van der Waals surface area contributed by atoms with Gasteiger partial charge in [-0.1, -0.05) is 29.3 Å². The molecule has 2 heterocycles. The maximum atomic E-state index is 12.5. The standard InChI is InChI=1S/C21H21Cl2N3O2/c22-16-2-1-3-17(23)15(16)11-20-25-18-5-4-14(10-19(18)26-20)21(27)24-12-13-6-8-28-9-7-13/h1-5,10,13H,6-9,11-12H2,(H,24,27)(H,25,26). The van der Waals surface area contributed by atoms with Gasteiger partial charge in [0.2, 0.25) is 0 Å². The van der Waals surface area contributed by atoms with E-state index in [0.717, 1.165) is 48.5 Å². The van der Waals surface area contributed by atoms with E-state index in [1.165, 1.54) is 0 Å². The third-order valence-electron chi connectivity index (χ3n) is 5.09. The summed E-state index contributed by atoms with van der Waals surface area (Å²) in [5, 5.41) is 4.26. The van der Waals surface area contributed by atoms with Crippen molar-refractivity contribution in [2.24, 2.45) is 5.92 Å². The first-order chi connectivity index (χ1) is 13.6. The van der Waals surface area contributed by atoms with Crippen LogP contribution in [0.1, 0.15) is 34.6 Å². The second-order valence-corrected chi connectivity index (χ2v) is 7.87. The third-order valence-corrected chi connectivity index (χ3v) is 5.80. The van der Waals surface area contributed by atoms with Crippen LogP contribution in [-0.2, 0) is 11.2 Å². The fraction of sp³-hybridized carbons (Fsp3) is 0.333. The number of nitrogens with one attached hydrogen (secondary N) is 2. The first-order valence-electron chi connectivity index (χ1n) is 9.37. The number of carbonyl (C=O) groups is 1. The monoisotopic (exact) mass is 417 g/mol. The van der Waals surface area contributed by atoms with Crippen molar-refractivity contribution in [2.75, 3.05) is 19.8 Å². The molecule has 1 amide bonds. The lowest BCUT2D eigenvalue weighted by atomic mass is 10.0. The first kappa shape index (κ1) is 19.2. The minimum atomic E-state index is -0.0707. The van der Waals surface area contributed by atoms with Crippen LogP contribution in [-0.4, -0.2) is 35.6 Å². The van der Waals surface area contributed by atoms with Gasteiger partial charge < -0.3 is 15.0 Å². The summed E-state index contributed by atoms with van der Waals surface area (Å²) >= 11 is 12.5. The Bertz CT molecular complexity index is 976. The molecule has 0 spiro atoms. The number of nitrogens with zero attached hydrogens (tertiary/aromatic N) is 1. The van der Waals surface area contributed by atoms with Crippen molar-refractivity contribution in [3.63, 3.8) is 0 Å². The molecular weight excluding hydrogens is 397 g/mol. The minimum Gasteiger partial charge on any atom is -0.381 e. The van der Waals surface area contributed by atoms with Crippen LogP contribution < -0.4 is 5.32 Å². The number of carbonyl (C=O) groups excluding carboxylic acids is 1. The summed E-state index contributed by atoms with van der Waals surface area (Å²) in [6, 6.07) is 10.9. The lowest BCUT2D eigenvalue weighted by Gasteiger charge is -2.22. The molecule has 1 fully saturated rings. The number of ether oxygens (including phenoxy) is 1. The molecule has 4 rings (SSSR count). The van der Waals surface area contributed by atoms with Crippen LogP contribution in [0.5, 0.6) is 0 Å². The van der Waals surface area contributed by atoms with Gasteiger partial charge in [-0.2, -0.15) is 0 Å². The minimum absolute atomic E-state index is 0.0707. The molecule has 1 aliphatic rings. The van der Waals surface area contributed by atoms with Crippen molar-refractivity contribution in [1.29, 1.82) is 0 Å². The SMILES string of the molecule is O=C(NCC1CCOCC1)c1ccc2nc(Cc3c(Cl)cccc3Cl)[nH]c2c1. The topological polar surface area (TPSA) is 67.0 Å². The van der Waals surface area contributed by atoms with Crippen molar-refractivity contribution in [2.45, 2.75) is 19.3 Å². The summed E-state index contributed by atoms with van der Waals surface area (Å²) in [5.41, 5.74) is 3.07. The maximum absolute atomic E-state index is 12.5. The van der Waals surface area contributed by atoms with Crippen molar-refractivity contribution < 1.29 is 9.53 Å². The fourth-order valence-electron chi connectivity index (χ4n) is 3.45. The van der Waals surface area contributed by atoms with E-state index >= 15 is 0 Å². The summed E-state index contributed by atoms with van der Waals surface area (Å²) in [4.78, 5) is 20.4. The van der Waals surface area contributed by atoms with Crippen LogP contribution in [0.2, 0.25) is 10.0 Å². The second kappa shape index (κ2) is 8.52. The molecule has 2 N–H and O–H groups in total. The van der Waals surface area contributed by atoms with Crippen LogP contribution in [0.4, 0.5) is 0 Å². The zero-order valence-electron chi connectivity index (χ0n) is 15.3. The van der Waals surface area contributed by atoms with Gasteiger partial charge in [-0.3, -0.25) is 4.79 Å². The second-order valence-electron chi connectivity index (χ2n) is 7.06. The normalized spacial score (nSPS) is 15.1. The van der Waals surface area contributed by atoms with Gasteiger partial charge in [0.05, 0.1) is 11.0 Å². The molecule has 1 aliphatic heterocycles. The van der Waals surface area contributed by atoms with E-state index < -0.39 is 0 Å². The molecular formula is C21H21Cl2N3O2. The molecule has 0 bridgehead atoms. The van der Waals surface area contributed by atoms with Gasteiger partial charge in [0, 0.05) is 41.8 Å². The fourth-order valence-corrected chi connectivity index (χ4v) is 3.98. The average molecular weight is 418 g/mol. The number of benzene rings is 2. The lowest BCUT2D eigenvalue weighted by molar-refractivity contribution is 0.0642. The number of hydrogen-bond donors (Lipinski definition) is 2. The predicted molar refractivity (Wildman–Crippen MR) is 111 cm³/mol. The Balaban J connectivity index is 1.47. The largest absolute Gasteiger partial charge is 0.381 e. The molecule has 7 heteroatoms. The Kier molecular flexibility index (Phi) is 5.85. The Labute approximate surface area is 173 Å². The zero-order chi connectivity index (χ0) is 19.5. The van der Waals surface area contributed by atoms with E-state index in [-0.39, 0.29) is 5.91 Å². The van der Waals surface area contributed by atoms with E-state index in [4.69, 9.17) is 27.9 Å². The first-order valence-corrected chi connectivity index (χ1v) is 10.1. The molecule has 3 aromatic rings. The van der Waals surface area contributed by atoms with Gasteiger partial charge in [-0.05, 0) is 54.7 Å². The summed E-state index contributed by atoms with van der Waals surface area (Å²) in [7, 11) is 0. The molecule has 1 aromatic heterocycles.